The lowest BCUT2D eigenvalue weighted by atomic mass is 10.1. The van der Waals surface area contributed by atoms with Crippen molar-refractivity contribution >= 4 is 0 Å². The highest BCUT2D eigenvalue weighted by atomic mass is 16.7. The Labute approximate surface area is 144 Å². The summed E-state index contributed by atoms with van der Waals surface area (Å²) in [6.07, 6.45) is 25.6. The molecule has 0 amide bonds. The fraction of sp³-hybridized carbons (Fsp3) is 0.810. The van der Waals surface area contributed by atoms with Gasteiger partial charge < -0.3 is 9.47 Å². The predicted molar refractivity (Wildman–Crippen MR) is 99.7 cm³/mol. The van der Waals surface area contributed by atoms with Crippen molar-refractivity contribution in [2.24, 2.45) is 0 Å². The van der Waals surface area contributed by atoms with Crippen molar-refractivity contribution in [2.45, 2.75) is 96.7 Å². The summed E-state index contributed by atoms with van der Waals surface area (Å²) in [6.45, 7) is 3.93. The highest BCUT2D eigenvalue weighted by Crippen LogP contribution is 2.15. The van der Waals surface area contributed by atoms with Crippen LogP contribution in [0.3, 0.4) is 0 Å². The van der Waals surface area contributed by atoms with E-state index in [1.54, 1.807) is 0 Å². The standard InChI is InChI=1S/C21H38O2/c1-2-3-4-5-6-7-8-9-10-11-12-13-14-16-19-22-21-18-15-17-20-23-21/h3-6,21H,2,7-20H2,1H3/b4-3-,6-5-. The van der Waals surface area contributed by atoms with Gasteiger partial charge in [-0.1, -0.05) is 69.8 Å². The number of rotatable bonds is 14. The van der Waals surface area contributed by atoms with Crippen molar-refractivity contribution in [2.75, 3.05) is 13.2 Å². The van der Waals surface area contributed by atoms with E-state index < -0.39 is 0 Å². The molecule has 0 saturated carbocycles. The molecule has 1 aliphatic heterocycles. The molecule has 1 fully saturated rings. The van der Waals surface area contributed by atoms with Crippen molar-refractivity contribution in [3.63, 3.8) is 0 Å². The largest absolute Gasteiger partial charge is 0.353 e. The number of hydrogen-bond acceptors (Lipinski definition) is 2. The molecule has 0 bridgehead atoms. The molecule has 23 heavy (non-hydrogen) atoms. The van der Waals surface area contributed by atoms with E-state index in [2.05, 4.69) is 31.2 Å². The summed E-state index contributed by atoms with van der Waals surface area (Å²) in [4.78, 5) is 0. The molecule has 1 unspecified atom stereocenters. The molecule has 1 atom stereocenters. The van der Waals surface area contributed by atoms with Crippen LogP contribution in [-0.2, 0) is 9.47 Å². The van der Waals surface area contributed by atoms with Crippen LogP contribution < -0.4 is 0 Å². The van der Waals surface area contributed by atoms with Crippen molar-refractivity contribution in [1.29, 1.82) is 0 Å². The predicted octanol–water partition coefficient (Wildman–Crippen LogP) is 6.56. The lowest BCUT2D eigenvalue weighted by molar-refractivity contribution is -0.162. The Bertz CT molecular complexity index is 290. The molecule has 0 spiro atoms. The summed E-state index contributed by atoms with van der Waals surface area (Å²) in [5, 5.41) is 0. The van der Waals surface area contributed by atoms with Crippen LogP contribution in [-0.4, -0.2) is 19.5 Å². The molecule has 0 aromatic heterocycles. The first-order chi connectivity index (χ1) is 11.4. The molecular weight excluding hydrogens is 284 g/mol. The van der Waals surface area contributed by atoms with Gasteiger partial charge in [0.1, 0.15) is 0 Å². The Morgan fingerprint density at radius 3 is 2.26 bits per heavy atom. The van der Waals surface area contributed by atoms with Crippen LogP contribution in [0.4, 0.5) is 0 Å². The SMILES string of the molecule is CC/C=C\C=C/CCCCCCCCCCOC1CCCCO1. The molecule has 0 aliphatic carbocycles. The molecule has 0 aromatic rings. The van der Waals surface area contributed by atoms with Gasteiger partial charge in [-0.15, -0.1) is 0 Å². The van der Waals surface area contributed by atoms with Crippen LogP contribution in [0.1, 0.15) is 90.4 Å². The van der Waals surface area contributed by atoms with E-state index in [4.69, 9.17) is 9.47 Å². The van der Waals surface area contributed by atoms with Gasteiger partial charge in [0, 0.05) is 13.2 Å². The van der Waals surface area contributed by atoms with E-state index in [1.807, 2.05) is 0 Å². The molecule has 1 aliphatic rings. The second kappa shape index (κ2) is 16.3. The van der Waals surface area contributed by atoms with Crippen LogP contribution in [0.25, 0.3) is 0 Å². The van der Waals surface area contributed by atoms with Crippen LogP contribution in [0, 0.1) is 0 Å². The van der Waals surface area contributed by atoms with Gasteiger partial charge in [0.05, 0.1) is 0 Å². The third kappa shape index (κ3) is 13.5. The topological polar surface area (TPSA) is 18.5 Å². The second-order valence-electron chi connectivity index (χ2n) is 6.55. The van der Waals surface area contributed by atoms with Crippen molar-refractivity contribution < 1.29 is 9.47 Å². The second-order valence-corrected chi connectivity index (χ2v) is 6.55. The molecule has 1 rings (SSSR count). The highest BCUT2D eigenvalue weighted by Gasteiger charge is 2.13. The van der Waals surface area contributed by atoms with Crippen molar-refractivity contribution in [3.05, 3.63) is 24.3 Å². The molecular formula is C21H38O2. The molecule has 1 heterocycles. The zero-order valence-corrected chi connectivity index (χ0v) is 15.3. The summed E-state index contributed by atoms with van der Waals surface area (Å²) in [5.74, 6) is 0. The fourth-order valence-electron chi connectivity index (χ4n) is 2.87. The first-order valence-electron chi connectivity index (χ1n) is 9.98. The summed E-state index contributed by atoms with van der Waals surface area (Å²) in [6, 6.07) is 0. The maximum Gasteiger partial charge on any atom is 0.157 e. The van der Waals surface area contributed by atoms with E-state index in [-0.39, 0.29) is 6.29 Å². The van der Waals surface area contributed by atoms with Crippen molar-refractivity contribution in [3.8, 4) is 0 Å². The average Bonchev–Trinajstić information content (AvgIpc) is 2.59. The Morgan fingerprint density at radius 2 is 1.57 bits per heavy atom. The van der Waals surface area contributed by atoms with Gasteiger partial charge in [0.25, 0.3) is 0 Å². The van der Waals surface area contributed by atoms with Gasteiger partial charge in [-0.3, -0.25) is 0 Å². The van der Waals surface area contributed by atoms with Gasteiger partial charge >= 0.3 is 0 Å². The zero-order chi connectivity index (χ0) is 16.4. The minimum Gasteiger partial charge on any atom is -0.353 e. The molecule has 2 nitrogen and oxygen atoms in total. The van der Waals surface area contributed by atoms with Crippen LogP contribution in [0.2, 0.25) is 0 Å². The Morgan fingerprint density at radius 1 is 0.870 bits per heavy atom. The lowest BCUT2D eigenvalue weighted by Gasteiger charge is -2.22. The maximum atomic E-state index is 5.76. The minimum absolute atomic E-state index is 0.0928. The van der Waals surface area contributed by atoms with E-state index in [9.17, 15) is 0 Å². The number of hydrogen-bond donors (Lipinski definition) is 0. The Balaban J connectivity index is 1.73. The maximum absolute atomic E-state index is 5.76. The van der Waals surface area contributed by atoms with Gasteiger partial charge in [0.15, 0.2) is 6.29 Å². The van der Waals surface area contributed by atoms with Gasteiger partial charge in [0.2, 0.25) is 0 Å². The van der Waals surface area contributed by atoms with Gasteiger partial charge in [-0.05, 0) is 44.9 Å². The number of allylic oxidation sites excluding steroid dienone is 4. The molecule has 2 heteroatoms. The van der Waals surface area contributed by atoms with E-state index in [0.717, 1.165) is 26.1 Å². The lowest BCUT2D eigenvalue weighted by Crippen LogP contribution is -2.22. The molecule has 0 N–H and O–H groups in total. The van der Waals surface area contributed by atoms with Gasteiger partial charge in [-0.2, -0.15) is 0 Å². The number of ether oxygens (including phenoxy) is 2. The normalized spacial score (nSPS) is 19.1. The highest BCUT2D eigenvalue weighted by molar-refractivity contribution is 5.01. The minimum atomic E-state index is 0.0928. The third-order valence-electron chi connectivity index (χ3n) is 4.33. The monoisotopic (exact) mass is 322 g/mol. The summed E-state index contributed by atoms with van der Waals surface area (Å²) < 4.78 is 11.3. The summed E-state index contributed by atoms with van der Waals surface area (Å²) >= 11 is 0. The average molecular weight is 323 g/mol. The Hall–Kier alpha value is -0.600. The van der Waals surface area contributed by atoms with Crippen LogP contribution in [0.15, 0.2) is 24.3 Å². The molecule has 1 saturated heterocycles. The van der Waals surface area contributed by atoms with E-state index in [1.165, 1.54) is 70.6 Å². The molecule has 0 aromatic carbocycles. The molecule has 0 radical (unpaired) electrons. The number of unbranched alkanes of at least 4 members (excludes halogenated alkanes) is 8. The zero-order valence-electron chi connectivity index (χ0n) is 15.3. The summed E-state index contributed by atoms with van der Waals surface area (Å²) in [7, 11) is 0. The van der Waals surface area contributed by atoms with Crippen LogP contribution >= 0.6 is 0 Å². The van der Waals surface area contributed by atoms with Crippen LogP contribution in [0.5, 0.6) is 0 Å². The van der Waals surface area contributed by atoms with Gasteiger partial charge in [-0.25, -0.2) is 0 Å². The van der Waals surface area contributed by atoms with E-state index in [0.29, 0.717) is 0 Å². The molecule has 134 valence electrons. The van der Waals surface area contributed by atoms with Crippen molar-refractivity contribution in [1.82, 2.24) is 0 Å². The quantitative estimate of drug-likeness (QED) is 0.266. The van der Waals surface area contributed by atoms with E-state index >= 15 is 0 Å². The summed E-state index contributed by atoms with van der Waals surface area (Å²) in [5.41, 5.74) is 0. The fourth-order valence-corrected chi connectivity index (χ4v) is 2.87. The first kappa shape index (κ1) is 20.4. The Kier molecular flexibility index (Phi) is 14.5. The first-order valence-corrected chi connectivity index (χ1v) is 9.98. The smallest absolute Gasteiger partial charge is 0.157 e. The third-order valence-corrected chi connectivity index (χ3v) is 4.33.